The minimum Gasteiger partial charge on any atom is -0.444 e. The van der Waals surface area contributed by atoms with Gasteiger partial charge in [0.25, 0.3) is 9.28 Å². The van der Waals surface area contributed by atoms with Crippen molar-refractivity contribution >= 4 is 28.8 Å². The first-order valence-electron chi connectivity index (χ1n) is 3.04. The topological polar surface area (TPSA) is 18.5 Å². The average molecular weight is 166 g/mol. The first-order chi connectivity index (χ1) is 3.81. The predicted octanol–water partition coefficient (Wildman–Crippen LogP) is -0.866. The molecule has 0 spiro atoms. The molecule has 0 aromatic carbocycles. The van der Waals surface area contributed by atoms with Crippen LogP contribution < -0.4 is 0 Å². The van der Waals surface area contributed by atoms with Crippen LogP contribution >= 0.6 is 0 Å². The van der Waals surface area contributed by atoms with Crippen molar-refractivity contribution in [2.24, 2.45) is 0 Å². The molecule has 5 heteroatoms. The molecule has 0 rings (SSSR count). The van der Waals surface area contributed by atoms with Gasteiger partial charge in [0.15, 0.2) is 0 Å². The molecule has 0 aliphatic rings. The van der Waals surface area contributed by atoms with Crippen LogP contribution in [0.2, 0.25) is 19.6 Å². The smallest absolute Gasteiger partial charge is 0.296 e. The summed E-state index contributed by atoms with van der Waals surface area (Å²) in [7, 11) is -1.47. The summed E-state index contributed by atoms with van der Waals surface area (Å²) in [5.74, 6) is 0. The largest absolute Gasteiger partial charge is 0.444 e. The van der Waals surface area contributed by atoms with E-state index in [0.717, 1.165) is 0 Å². The zero-order valence-corrected chi connectivity index (χ0v) is 9.79. The highest BCUT2D eigenvalue weighted by Gasteiger charge is 1.99. The minimum absolute atomic E-state index is 0.195. The van der Waals surface area contributed by atoms with Crippen LogP contribution in [-0.4, -0.2) is 28.8 Å². The highest BCUT2D eigenvalue weighted by molar-refractivity contribution is 6.56. The van der Waals surface area contributed by atoms with E-state index in [9.17, 15) is 0 Å². The molecule has 0 bridgehead atoms. The molecular formula is C3H14O2Si3. The summed E-state index contributed by atoms with van der Waals surface area (Å²) in [6.07, 6.45) is 0. The summed E-state index contributed by atoms with van der Waals surface area (Å²) in [6.45, 7) is 6.39. The lowest BCUT2D eigenvalue weighted by molar-refractivity contribution is 0.466. The molecule has 2 nitrogen and oxygen atoms in total. The van der Waals surface area contributed by atoms with Gasteiger partial charge < -0.3 is 8.23 Å². The lowest BCUT2D eigenvalue weighted by Crippen LogP contribution is -2.20. The van der Waals surface area contributed by atoms with Crippen LogP contribution in [0.25, 0.3) is 0 Å². The van der Waals surface area contributed by atoms with E-state index in [-0.39, 0.29) is 19.5 Å². The fourth-order valence-electron chi connectivity index (χ4n) is 0.518. The van der Waals surface area contributed by atoms with E-state index >= 15 is 0 Å². The van der Waals surface area contributed by atoms with E-state index < -0.39 is 9.28 Å². The molecule has 0 aromatic heterocycles. The quantitative estimate of drug-likeness (QED) is 0.506. The molecule has 50 valence electrons. The Morgan fingerprint density at radius 3 is 1.75 bits per heavy atom. The molecule has 0 amide bonds. The van der Waals surface area contributed by atoms with E-state index in [1.165, 1.54) is 0 Å². The SMILES string of the molecule is C[SiH2]O[SiH](C)O[SiH2]C. The van der Waals surface area contributed by atoms with Gasteiger partial charge in [-0.1, -0.05) is 13.1 Å². The van der Waals surface area contributed by atoms with Crippen molar-refractivity contribution in [3.63, 3.8) is 0 Å². The van der Waals surface area contributed by atoms with Gasteiger partial charge in [-0.05, 0) is 6.55 Å². The Balaban J connectivity index is 2.92. The van der Waals surface area contributed by atoms with Gasteiger partial charge in [0, 0.05) is 0 Å². The Morgan fingerprint density at radius 2 is 1.50 bits per heavy atom. The zero-order valence-electron chi connectivity index (χ0n) is 5.81. The van der Waals surface area contributed by atoms with Crippen LogP contribution in [0.4, 0.5) is 0 Å². The maximum absolute atomic E-state index is 5.37. The van der Waals surface area contributed by atoms with Crippen molar-refractivity contribution < 1.29 is 8.23 Å². The number of hydrogen-bond donors (Lipinski definition) is 0. The molecule has 0 heterocycles. The van der Waals surface area contributed by atoms with Crippen LogP contribution in [0.5, 0.6) is 0 Å². The third-order valence-electron chi connectivity index (χ3n) is 0.803. The highest BCUT2D eigenvalue weighted by atomic mass is 28.4. The van der Waals surface area contributed by atoms with E-state index in [0.29, 0.717) is 0 Å². The Morgan fingerprint density at radius 1 is 1.12 bits per heavy atom. The van der Waals surface area contributed by atoms with Gasteiger partial charge in [-0.2, -0.15) is 0 Å². The van der Waals surface area contributed by atoms with Crippen LogP contribution in [0.15, 0.2) is 0 Å². The molecule has 0 N–H and O–H groups in total. The Hall–Kier alpha value is 0.571. The van der Waals surface area contributed by atoms with Crippen molar-refractivity contribution in [1.82, 2.24) is 0 Å². The molecule has 0 aliphatic carbocycles. The van der Waals surface area contributed by atoms with E-state index in [2.05, 4.69) is 19.6 Å². The Labute approximate surface area is 57.3 Å². The second-order valence-electron chi connectivity index (χ2n) is 1.48. The second-order valence-corrected chi connectivity index (χ2v) is 6.43. The van der Waals surface area contributed by atoms with Crippen LogP contribution in [-0.2, 0) is 8.23 Å². The normalized spacial score (nSPS) is 16.9. The minimum atomic E-state index is -1.08. The van der Waals surface area contributed by atoms with E-state index in [4.69, 9.17) is 8.23 Å². The lowest BCUT2D eigenvalue weighted by atomic mass is 11.9. The lowest BCUT2D eigenvalue weighted by Gasteiger charge is -2.08. The monoisotopic (exact) mass is 166 g/mol. The van der Waals surface area contributed by atoms with Gasteiger partial charge >= 0.3 is 0 Å². The van der Waals surface area contributed by atoms with Crippen LogP contribution in [0, 0.1) is 0 Å². The average Bonchev–Trinajstić information content (AvgIpc) is 1.68. The number of rotatable bonds is 4. The maximum Gasteiger partial charge on any atom is 0.296 e. The summed E-state index contributed by atoms with van der Waals surface area (Å²) in [5.41, 5.74) is 0. The van der Waals surface area contributed by atoms with E-state index in [1.54, 1.807) is 0 Å². The van der Waals surface area contributed by atoms with Crippen molar-refractivity contribution in [3.8, 4) is 0 Å². The molecule has 0 radical (unpaired) electrons. The first-order valence-corrected chi connectivity index (χ1v) is 9.12. The summed E-state index contributed by atoms with van der Waals surface area (Å²) >= 11 is 0. The van der Waals surface area contributed by atoms with Crippen molar-refractivity contribution in [3.05, 3.63) is 0 Å². The first kappa shape index (κ1) is 8.57. The van der Waals surface area contributed by atoms with Crippen molar-refractivity contribution in [2.45, 2.75) is 19.6 Å². The van der Waals surface area contributed by atoms with Crippen LogP contribution in [0.1, 0.15) is 0 Å². The third-order valence-corrected chi connectivity index (χ3v) is 7.22. The van der Waals surface area contributed by atoms with Crippen LogP contribution in [0.3, 0.4) is 0 Å². The third kappa shape index (κ3) is 4.72. The number of hydrogen-bond acceptors (Lipinski definition) is 2. The van der Waals surface area contributed by atoms with Gasteiger partial charge in [-0.25, -0.2) is 0 Å². The molecule has 0 saturated heterocycles. The molecular weight excluding hydrogens is 152 g/mol. The predicted molar refractivity (Wildman–Crippen MR) is 44.0 cm³/mol. The fraction of sp³-hybridized carbons (Fsp3) is 1.00. The van der Waals surface area contributed by atoms with Crippen molar-refractivity contribution in [1.29, 1.82) is 0 Å². The van der Waals surface area contributed by atoms with E-state index in [1.807, 2.05) is 0 Å². The molecule has 0 aliphatic heterocycles. The Bertz CT molecular complexity index is 45.8. The maximum atomic E-state index is 5.37. The summed E-state index contributed by atoms with van der Waals surface area (Å²) in [5, 5.41) is 0. The molecule has 8 heavy (non-hydrogen) atoms. The second kappa shape index (κ2) is 5.70. The molecule has 0 atom stereocenters. The molecule has 0 aromatic rings. The van der Waals surface area contributed by atoms with Gasteiger partial charge in [-0.15, -0.1) is 0 Å². The van der Waals surface area contributed by atoms with Gasteiger partial charge in [-0.3, -0.25) is 0 Å². The Kier molecular flexibility index (Phi) is 6.11. The summed E-state index contributed by atoms with van der Waals surface area (Å²) in [6, 6.07) is 0. The van der Waals surface area contributed by atoms with Gasteiger partial charge in [0.05, 0.1) is 0 Å². The molecule has 0 fully saturated rings. The highest BCUT2D eigenvalue weighted by Crippen LogP contribution is 1.83. The summed E-state index contributed by atoms with van der Waals surface area (Å²) in [4.78, 5) is 0. The van der Waals surface area contributed by atoms with Gasteiger partial charge in [0.2, 0.25) is 0 Å². The van der Waals surface area contributed by atoms with Crippen molar-refractivity contribution in [2.75, 3.05) is 0 Å². The van der Waals surface area contributed by atoms with Gasteiger partial charge in [0.1, 0.15) is 19.5 Å². The molecule has 0 unspecified atom stereocenters. The molecule has 0 saturated carbocycles. The zero-order chi connectivity index (χ0) is 6.41. The summed E-state index contributed by atoms with van der Waals surface area (Å²) < 4.78 is 10.7. The fourth-order valence-corrected chi connectivity index (χ4v) is 5.52. The standard InChI is InChI=1S/C3H14O2Si3/c1-6-4-8(3)5-7-2/h8H,6-7H2,1-3H3.